The molecule has 0 aliphatic carbocycles. The van der Waals surface area contributed by atoms with Crippen LogP contribution < -0.4 is 14.8 Å². The summed E-state index contributed by atoms with van der Waals surface area (Å²) in [5.74, 6) is 1.72. The predicted octanol–water partition coefficient (Wildman–Crippen LogP) is 3.52. The number of amides is 1. The highest BCUT2D eigenvalue weighted by molar-refractivity contribution is 5.76. The lowest BCUT2D eigenvalue weighted by Gasteiger charge is -2.15. The Bertz CT molecular complexity index is 655. The number of nitrogens with one attached hydrogen (secondary N) is 1. The molecule has 4 heteroatoms. The Labute approximate surface area is 143 Å². The summed E-state index contributed by atoms with van der Waals surface area (Å²) >= 11 is 0. The second kappa shape index (κ2) is 8.96. The van der Waals surface area contributed by atoms with Gasteiger partial charge in [-0.15, -0.1) is 0 Å². The largest absolute Gasteiger partial charge is 0.496 e. The van der Waals surface area contributed by atoms with Gasteiger partial charge in [0.15, 0.2) is 0 Å². The Morgan fingerprint density at radius 2 is 1.92 bits per heavy atom. The van der Waals surface area contributed by atoms with Gasteiger partial charge in [-0.25, -0.2) is 0 Å². The first-order chi connectivity index (χ1) is 11.6. The van der Waals surface area contributed by atoms with Crippen LogP contribution in [0.25, 0.3) is 0 Å². The van der Waals surface area contributed by atoms with Crippen molar-refractivity contribution in [3.63, 3.8) is 0 Å². The van der Waals surface area contributed by atoms with Crippen molar-refractivity contribution in [1.29, 1.82) is 0 Å². The fourth-order valence-electron chi connectivity index (χ4n) is 2.48. The van der Waals surface area contributed by atoms with Gasteiger partial charge in [0, 0.05) is 6.42 Å². The van der Waals surface area contributed by atoms with Gasteiger partial charge < -0.3 is 14.8 Å². The van der Waals surface area contributed by atoms with Gasteiger partial charge >= 0.3 is 0 Å². The van der Waals surface area contributed by atoms with Gasteiger partial charge in [0.25, 0.3) is 0 Å². The summed E-state index contributed by atoms with van der Waals surface area (Å²) in [4.78, 5) is 12.1. The molecule has 2 rings (SSSR count). The molecule has 128 valence electrons. The Hall–Kier alpha value is -2.49. The van der Waals surface area contributed by atoms with Crippen LogP contribution in [0.1, 0.15) is 24.5 Å². The van der Waals surface area contributed by atoms with Crippen molar-refractivity contribution in [3.05, 3.63) is 59.7 Å². The van der Waals surface area contributed by atoms with E-state index in [0.717, 1.165) is 22.6 Å². The fourth-order valence-corrected chi connectivity index (χ4v) is 2.48. The third-order valence-electron chi connectivity index (χ3n) is 3.75. The molecule has 0 aliphatic rings. The van der Waals surface area contributed by atoms with Crippen molar-refractivity contribution in [2.24, 2.45) is 0 Å². The number of hydrogen-bond acceptors (Lipinski definition) is 3. The Morgan fingerprint density at radius 1 is 1.17 bits per heavy atom. The normalized spacial score (nSPS) is 11.6. The molecule has 24 heavy (non-hydrogen) atoms. The predicted molar refractivity (Wildman–Crippen MR) is 95.6 cm³/mol. The van der Waals surface area contributed by atoms with Crippen molar-refractivity contribution >= 4 is 5.91 Å². The first-order valence-corrected chi connectivity index (χ1v) is 8.19. The molecule has 1 amide bonds. The smallest absolute Gasteiger partial charge is 0.220 e. The number of carbonyl (C=O) groups excluding carboxylic acids is 1. The second-order valence-electron chi connectivity index (χ2n) is 5.90. The summed E-state index contributed by atoms with van der Waals surface area (Å²) in [7, 11) is 1.66. The summed E-state index contributed by atoms with van der Waals surface area (Å²) in [5.41, 5.74) is 2.22. The van der Waals surface area contributed by atoms with Crippen LogP contribution in [-0.4, -0.2) is 25.7 Å². The van der Waals surface area contributed by atoms with Crippen molar-refractivity contribution < 1.29 is 14.3 Å². The minimum atomic E-state index is -0.0321. The van der Waals surface area contributed by atoms with E-state index in [1.54, 1.807) is 7.11 Å². The molecule has 0 spiro atoms. The van der Waals surface area contributed by atoms with Gasteiger partial charge in [0.1, 0.15) is 18.1 Å². The molecule has 0 fully saturated rings. The Balaban J connectivity index is 1.73. The minimum Gasteiger partial charge on any atom is -0.496 e. The van der Waals surface area contributed by atoms with Crippen molar-refractivity contribution in [2.75, 3.05) is 13.7 Å². The van der Waals surface area contributed by atoms with E-state index in [9.17, 15) is 4.79 Å². The molecule has 0 aromatic heterocycles. The highest BCUT2D eigenvalue weighted by Crippen LogP contribution is 2.19. The van der Waals surface area contributed by atoms with E-state index in [1.807, 2.05) is 56.3 Å². The van der Waals surface area contributed by atoms with Crippen LogP contribution >= 0.6 is 0 Å². The topological polar surface area (TPSA) is 47.6 Å². The van der Waals surface area contributed by atoms with Crippen molar-refractivity contribution in [1.82, 2.24) is 5.32 Å². The Morgan fingerprint density at radius 3 is 2.58 bits per heavy atom. The van der Waals surface area contributed by atoms with E-state index in [0.29, 0.717) is 19.4 Å². The van der Waals surface area contributed by atoms with E-state index in [2.05, 4.69) is 11.4 Å². The molecule has 0 heterocycles. The zero-order valence-electron chi connectivity index (χ0n) is 14.5. The van der Waals surface area contributed by atoms with Gasteiger partial charge in [-0.3, -0.25) is 4.79 Å². The van der Waals surface area contributed by atoms with Gasteiger partial charge in [0.2, 0.25) is 5.91 Å². The number of benzene rings is 2. The van der Waals surface area contributed by atoms with E-state index in [4.69, 9.17) is 9.47 Å². The summed E-state index contributed by atoms with van der Waals surface area (Å²) in [6.45, 7) is 4.40. The average molecular weight is 327 g/mol. The molecule has 2 aromatic rings. The number of carbonyl (C=O) groups is 1. The van der Waals surface area contributed by atoms with Crippen molar-refractivity contribution in [2.45, 2.75) is 32.7 Å². The van der Waals surface area contributed by atoms with Crippen LogP contribution in [0.2, 0.25) is 0 Å². The Kier molecular flexibility index (Phi) is 6.67. The second-order valence-corrected chi connectivity index (χ2v) is 5.90. The van der Waals surface area contributed by atoms with E-state index < -0.39 is 0 Å². The fraction of sp³-hybridized carbons (Fsp3) is 0.350. The van der Waals surface area contributed by atoms with Gasteiger partial charge in [0.05, 0.1) is 13.2 Å². The number of para-hydroxylation sites is 1. The van der Waals surface area contributed by atoms with Crippen LogP contribution in [-0.2, 0) is 11.2 Å². The molecule has 4 nitrogen and oxygen atoms in total. The van der Waals surface area contributed by atoms with Crippen LogP contribution in [0.5, 0.6) is 11.5 Å². The molecule has 2 aromatic carbocycles. The van der Waals surface area contributed by atoms with Gasteiger partial charge in [-0.1, -0.05) is 30.3 Å². The first-order valence-electron chi connectivity index (χ1n) is 8.19. The molecule has 1 atom stereocenters. The number of ether oxygens (including phenoxy) is 2. The molecule has 0 aliphatic heterocycles. The number of methoxy groups -OCH3 is 1. The van der Waals surface area contributed by atoms with E-state index >= 15 is 0 Å². The summed E-state index contributed by atoms with van der Waals surface area (Å²) in [6, 6.07) is 15.6. The third kappa shape index (κ3) is 5.61. The zero-order chi connectivity index (χ0) is 17.4. The first kappa shape index (κ1) is 17.9. The number of hydrogen-bond donors (Lipinski definition) is 1. The monoisotopic (exact) mass is 327 g/mol. The highest BCUT2D eigenvalue weighted by Gasteiger charge is 2.09. The summed E-state index contributed by atoms with van der Waals surface area (Å²) in [6.07, 6.45) is 1.17. The highest BCUT2D eigenvalue weighted by atomic mass is 16.5. The standard InChI is InChI=1S/C20H25NO3/c1-15-13-17(9-11-19(15)23-3)10-12-20(22)21-16(2)14-24-18-7-5-4-6-8-18/h4-9,11,13,16H,10,12,14H2,1-3H3,(H,21,22)/t16-/m1/s1. The molecular formula is C20H25NO3. The maximum absolute atomic E-state index is 12.1. The quantitative estimate of drug-likeness (QED) is 0.807. The molecule has 0 radical (unpaired) electrons. The van der Waals surface area contributed by atoms with E-state index in [1.165, 1.54) is 0 Å². The molecule has 1 N–H and O–H groups in total. The lowest BCUT2D eigenvalue weighted by atomic mass is 10.1. The lowest BCUT2D eigenvalue weighted by molar-refractivity contribution is -0.121. The molecular weight excluding hydrogens is 302 g/mol. The lowest BCUT2D eigenvalue weighted by Crippen LogP contribution is -2.36. The van der Waals surface area contributed by atoms with Gasteiger partial charge in [-0.2, -0.15) is 0 Å². The molecule has 0 unspecified atom stereocenters. The minimum absolute atomic E-state index is 0.0321. The van der Waals surface area contributed by atoms with Crippen LogP contribution in [0.4, 0.5) is 0 Å². The average Bonchev–Trinajstić information content (AvgIpc) is 2.59. The van der Waals surface area contributed by atoms with Crippen LogP contribution in [0.3, 0.4) is 0 Å². The number of aryl methyl sites for hydroxylation is 2. The van der Waals surface area contributed by atoms with Crippen molar-refractivity contribution in [3.8, 4) is 11.5 Å². The number of rotatable bonds is 8. The SMILES string of the molecule is COc1ccc(CCC(=O)N[C@H](C)COc2ccccc2)cc1C. The van der Waals surface area contributed by atoms with E-state index in [-0.39, 0.29) is 11.9 Å². The van der Waals surface area contributed by atoms with Gasteiger partial charge in [-0.05, 0) is 49.6 Å². The van der Waals surface area contributed by atoms with Crippen LogP contribution in [0, 0.1) is 6.92 Å². The maximum atomic E-state index is 12.1. The molecule has 0 saturated heterocycles. The summed E-state index contributed by atoms with van der Waals surface area (Å²) < 4.78 is 10.9. The van der Waals surface area contributed by atoms with Crippen LogP contribution in [0.15, 0.2) is 48.5 Å². The molecule has 0 bridgehead atoms. The zero-order valence-corrected chi connectivity index (χ0v) is 14.5. The third-order valence-corrected chi connectivity index (χ3v) is 3.75. The summed E-state index contributed by atoms with van der Waals surface area (Å²) in [5, 5.41) is 2.97. The maximum Gasteiger partial charge on any atom is 0.220 e. The molecule has 0 saturated carbocycles.